The molecule has 2 heterocycles. The summed E-state index contributed by atoms with van der Waals surface area (Å²) in [5.74, 6) is -0.275. The molecule has 4 heteroatoms. The van der Waals surface area contributed by atoms with Gasteiger partial charge in [0.25, 0.3) is 0 Å². The summed E-state index contributed by atoms with van der Waals surface area (Å²) >= 11 is 0. The third-order valence-electron chi connectivity index (χ3n) is 5.82. The summed E-state index contributed by atoms with van der Waals surface area (Å²) in [7, 11) is 2.20. The zero-order valence-corrected chi connectivity index (χ0v) is 18.0. The van der Waals surface area contributed by atoms with Crippen LogP contribution in [0.1, 0.15) is 60.9 Å². The van der Waals surface area contributed by atoms with E-state index in [0.29, 0.717) is 11.6 Å². The number of hydrogen-bond donors (Lipinski definition) is 0. The minimum atomic E-state index is -0.485. The molecule has 1 aliphatic heterocycles. The Morgan fingerprint density at radius 1 is 1.10 bits per heavy atom. The quantitative estimate of drug-likeness (QED) is 0.577. The van der Waals surface area contributed by atoms with Gasteiger partial charge in [-0.05, 0) is 70.5 Å². The topological polar surface area (TPSA) is 34.5 Å². The minimum Gasteiger partial charge on any atom is -0.456 e. The molecular formula is C25H30N2O2. The number of ether oxygens (including phenoxy) is 1. The standard InChI is InChI=1S/C25H30N2O2/c1-17-23-21(14-15-26(17)5)20-8-6-7-9-22(20)27(23)16-18-10-12-19(13-11-18)24(28)29-25(2,3)4/h6-13,17H,14-16H2,1-5H3. The third kappa shape index (κ3) is 3.82. The molecule has 0 spiro atoms. The normalized spacial score (nSPS) is 17.3. The van der Waals surface area contributed by atoms with Crippen LogP contribution < -0.4 is 0 Å². The molecule has 0 aliphatic carbocycles. The van der Waals surface area contributed by atoms with Crippen LogP contribution in [0, 0.1) is 0 Å². The van der Waals surface area contributed by atoms with Gasteiger partial charge in [0, 0.05) is 35.7 Å². The molecule has 152 valence electrons. The molecule has 0 radical (unpaired) electrons. The van der Waals surface area contributed by atoms with Crippen molar-refractivity contribution < 1.29 is 9.53 Å². The molecule has 0 saturated carbocycles. The number of para-hydroxylation sites is 1. The van der Waals surface area contributed by atoms with Gasteiger partial charge >= 0.3 is 5.97 Å². The highest BCUT2D eigenvalue weighted by Gasteiger charge is 2.28. The second-order valence-corrected chi connectivity index (χ2v) is 9.07. The van der Waals surface area contributed by atoms with E-state index in [1.807, 2.05) is 45.0 Å². The highest BCUT2D eigenvalue weighted by Crippen LogP contribution is 2.36. The van der Waals surface area contributed by atoms with Crippen LogP contribution in [0.4, 0.5) is 0 Å². The van der Waals surface area contributed by atoms with E-state index >= 15 is 0 Å². The Morgan fingerprint density at radius 2 is 1.79 bits per heavy atom. The van der Waals surface area contributed by atoms with Gasteiger partial charge in [0.05, 0.1) is 5.56 Å². The lowest BCUT2D eigenvalue weighted by Crippen LogP contribution is -2.31. The first kappa shape index (κ1) is 19.7. The first-order chi connectivity index (χ1) is 13.7. The molecule has 0 amide bonds. The fourth-order valence-corrected chi connectivity index (χ4v) is 4.26. The summed E-state index contributed by atoms with van der Waals surface area (Å²) in [5, 5.41) is 1.37. The van der Waals surface area contributed by atoms with Crippen LogP contribution in [0.2, 0.25) is 0 Å². The molecule has 0 fully saturated rings. The Kier molecular flexibility index (Phi) is 4.99. The molecular weight excluding hydrogens is 360 g/mol. The molecule has 4 nitrogen and oxygen atoms in total. The molecule has 0 bridgehead atoms. The minimum absolute atomic E-state index is 0.275. The average Bonchev–Trinajstić information content (AvgIpc) is 2.98. The molecule has 2 aromatic carbocycles. The molecule has 0 N–H and O–H groups in total. The predicted octanol–water partition coefficient (Wildman–Crippen LogP) is 5.19. The highest BCUT2D eigenvalue weighted by molar-refractivity contribution is 5.89. The van der Waals surface area contributed by atoms with Crippen LogP contribution >= 0.6 is 0 Å². The van der Waals surface area contributed by atoms with E-state index in [2.05, 4.69) is 47.7 Å². The number of esters is 1. The van der Waals surface area contributed by atoms with Gasteiger partial charge in [-0.25, -0.2) is 4.79 Å². The van der Waals surface area contributed by atoms with Crippen LogP contribution in [0.15, 0.2) is 48.5 Å². The maximum atomic E-state index is 12.3. The SMILES string of the molecule is CC1c2c(c3ccccc3n2Cc2ccc(C(=O)OC(C)(C)C)cc2)CCN1C. The van der Waals surface area contributed by atoms with Crippen LogP contribution in [-0.2, 0) is 17.7 Å². The Labute approximate surface area is 173 Å². The number of aromatic nitrogens is 1. The van der Waals surface area contributed by atoms with Gasteiger partial charge in [0.2, 0.25) is 0 Å². The van der Waals surface area contributed by atoms with Crippen molar-refractivity contribution in [3.63, 3.8) is 0 Å². The van der Waals surface area contributed by atoms with Crippen LogP contribution in [0.5, 0.6) is 0 Å². The molecule has 3 aromatic rings. The lowest BCUT2D eigenvalue weighted by molar-refractivity contribution is 0.00695. The molecule has 0 saturated heterocycles. The van der Waals surface area contributed by atoms with Crippen molar-refractivity contribution in [1.82, 2.24) is 9.47 Å². The fraction of sp³-hybridized carbons (Fsp3) is 0.400. The van der Waals surface area contributed by atoms with Crippen LogP contribution in [-0.4, -0.2) is 34.6 Å². The predicted molar refractivity (Wildman–Crippen MR) is 117 cm³/mol. The second kappa shape index (κ2) is 7.34. The van der Waals surface area contributed by atoms with Gasteiger partial charge in [0.15, 0.2) is 0 Å². The van der Waals surface area contributed by atoms with Crippen molar-refractivity contribution >= 4 is 16.9 Å². The fourth-order valence-electron chi connectivity index (χ4n) is 4.26. The van der Waals surface area contributed by atoms with E-state index < -0.39 is 5.60 Å². The van der Waals surface area contributed by atoms with Gasteiger partial charge in [-0.1, -0.05) is 30.3 Å². The summed E-state index contributed by atoms with van der Waals surface area (Å²) in [4.78, 5) is 14.7. The van der Waals surface area contributed by atoms with Gasteiger partial charge in [0.1, 0.15) is 5.60 Å². The number of carbonyl (C=O) groups excluding carboxylic acids is 1. The summed E-state index contributed by atoms with van der Waals surface area (Å²) in [6.45, 7) is 9.83. The van der Waals surface area contributed by atoms with E-state index in [1.54, 1.807) is 0 Å². The van der Waals surface area contributed by atoms with Crippen molar-refractivity contribution in [2.24, 2.45) is 0 Å². The molecule has 1 unspecified atom stereocenters. The maximum absolute atomic E-state index is 12.3. The molecule has 29 heavy (non-hydrogen) atoms. The summed E-state index contributed by atoms with van der Waals surface area (Å²) < 4.78 is 7.93. The van der Waals surface area contributed by atoms with Crippen LogP contribution in [0.3, 0.4) is 0 Å². The summed E-state index contributed by atoms with van der Waals surface area (Å²) in [6.07, 6.45) is 1.08. The lowest BCUT2D eigenvalue weighted by Gasteiger charge is -2.32. The Morgan fingerprint density at radius 3 is 2.48 bits per heavy atom. The number of rotatable bonds is 3. The van der Waals surface area contributed by atoms with Gasteiger partial charge in [-0.15, -0.1) is 0 Å². The van der Waals surface area contributed by atoms with Gasteiger partial charge in [-0.3, -0.25) is 4.90 Å². The molecule has 1 aromatic heterocycles. The van der Waals surface area contributed by atoms with Gasteiger partial charge in [-0.2, -0.15) is 0 Å². The monoisotopic (exact) mass is 390 g/mol. The highest BCUT2D eigenvalue weighted by atomic mass is 16.6. The smallest absolute Gasteiger partial charge is 0.338 e. The third-order valence-corrected chi connectivity index (χ3v) is 5.82. The Hall–Kier alpha value is -2.59. The molecule has 4 rings (SSSR count). The summed E-state index contributed by atoms with van der Waals surface area (Å²) in [5.41, 5.74) is 5.47. The average molecular weight is 391 g/mol. The zero-order chi connectivity index (χ0) is 20.8. The molecule has 1 atom stereocenters. The first-order valence-corrected chi connectivity index (χ1v) is 10.4. The number of carbonyl (C=O) groups is 1. The van der Waals surface area contributed by atoms with E-state index in [9.17, 15) is 4.79 Å². The van der Waals surface area contributed by atoms with Crippen molar-refractivity contribution in [2.75, 3.05) is 13.6 Å². The van der Waals surface area contributed by atoms with Gasteiger partial charge < -0.3 is 9.30 Å². The number of hydrogen-bond acceptors (Lipinski definition) is 3. The maximum Gasteiger partial charge on any atom is 0.338 e. The van der Waals surface area contributed by atoms with Crippen molar-refractivity contribution in [1.29, 1.82) is 0 Å². The first-order valence-electron chi connectivity index (χ1n) is 10.4. The molecule has 1 aliphatic rings. The van der Waals surface area contributed by atoms with E-state index in [0.717, 1.165) is 19.5 Å². The number of fused-ring (bicyclic) bond motifs is 3. The van der Waals surface area contributed by atoms with Crippen molar-refractivity contribution in [3.05, 3.63) is 70.9 Å². The Bertz CT molecular complexity index is 1040. The van der Waals surface area contributed by atoms with Crippen LogP contribution in [0.25, 0.3) is 10.9 Å². The number of benzene rings is 2. The lowest BCUT2D eigenvalue weighted by atomic mass is 9.99. The summed E-state index contributed by atoms with van der Waals surface area (Å²) in [6, 6.07) is 16.9. The largest absolute Gasteiger partial charge is 0.456 e. The van der Waals surface area contributed by atoms with E-state index in [-0.39, 0.29) is 5.97 Å². The number of nitrogens with zero attached hydrogens (tertiary/aromatic N) is 2. The van der Waals surface area contributed by atoms with E-state index in [1.165, 1.54) is 27.7 Å². The zero-order valence-electron chi connectivity index (χ0n) is 18.0. The second-order valence-electron chi connectivity index (χ2n) is 9.07. The van der Waals surface area contributed by atoms with E-state index in [4.69, 9.17) is 4.74 Å². The van der Waals surface area contributed by atoms with Crippen molar-refractivity contribution in [2.45, 2.75) is 52.3 Å². The number of likely N-dealkylation sites (N-methyl/N-ethyl adjacent to an activating group) is 1. The van der Waals surface area contributed by atoms with Crippen molar-refractivity contribution in [3.8, 4) is 0 Å². The Balaban J connectivity index is 1.68.